The van der Waals surface area contributed by atoms with E-state index in [2.05, 4.69) is 21.2 Å². The van der Waals surface area contributed by atoms with Crippen molar-refractivity contribution in [3.63, 3.8) is 0 Å². The molecule has 2 aromatic carbocycles. The van der Waals surface area contributed by atoms with Gasteiger partial charge in [0.05, 0.1) is 15.7 Å². The van der Waals surface area contributed by atoms with Gasteiger partial charge in [0.25, 0.3) is 5.69 Å². The smallest absolute Gasteiger partial charge is 0.271 e. The van der Waals surface area contributed by atoms with Gasteiger partial charge in [-0.15, -0.1) is 0 Å². The predicted molar refractivity (Wildman–Crippen MR) is 107 cm³/mol. The molecular weight excluding hydrogens is 450 g/mol. The third kappa shape index (κ3) is 4.57. The third-order valence-electron chi connectivity index (χ3n) is 4.53. The van der Waals surface area contributed by atoms with E-state index in [1.165, 1.54) is 34.6 Å². The lowest BCUT2D eigenvalue weighted by atomic mass is 9.98. The molecule has 0 aliphatic carbocycles. The molecule has 148 valence electrons. The van der Waals surface area contributed by atoms with Gasteiger partial charge in [0.2, 0.25) is 15.9 Å². The largest absolute Gasteiger partial charge is 0.326 e. The van der Waals surface area contributed by atoms with E-state index < -0.39 is 20.9 Å². The van der Waals surface area contributed by atoms with E-state index in [1.807, 2.05) is 0 Å². The topological polar surface area (TPSA) is 110 Å². The van der Waals surface area contributed by atoms with Crippen LogP contribution in [0.4, 0.5) is 11.4 Å². The van der Waals surface area contributed by atoms with Gasteiger partial charge in [-0.3, -0.25) is 14.9 Å². The number of non-ortho nitro benzene ring substituents is 1. The number of amides is 1. The normalized spacial score (nSPS) is 17.8. The van der Waals surface area contributed by atoms with Gasteiger partial charge < -0.3 is 5.32 Å². The first-order valence-electron chi connectivity index (χ1n) is 8.58. The highest BCUT2D eigenvalue weighted by atomic mass is 79.9. The first kappa shape index (κ1) is 20.4. The molecule has 1 aliphatic heterocycles. The molecule has 1 fully saturated rings. The Hall–Kier alpha value is -2.30. The zero-order valence-electron chi connectivity index (χ0n) is 14.7. The fraction of sp³-hybridized carbons (Fsp3) is 0.278. The second kappa shape index (κ2) is 8.38. The van der Waals surface area contributed by atoms with Crippen molar-refractivity contribution in [2.45, 2.75) is 17.7 Å². The maximum atomic E-state index is 12.8. The number of carbonyl (C=O) groups excluding carboxylic acids is 1. The summed E-state index contributed by atoms with van der Waals surface area (Å²) < 4.78 is 27.8. The van der Waals surface area contributed by atoms with Crippen LogP contribution in [0.1, 0.15) is 12.8 Å². The number of carbonyl (C=O) groups is 1. The van der Waals surface area contributed by atoms with Crippen molar-refractivity contribution >= 4 is 43.2 Å². The highest BCUT2D eigenvalue weighted by Crippen LogP contribution is 2.26. The van der Waals surface area contributed by atoms with Crippen LogP contribution in [0.2, 0.25) is 0 Å². The molecule has 10 heteroatoms. The zero-order chi connectivity index (χ0) is 20.3. The molecule has 8 nitrogen and oxygen atoms in total. The summed E-state index contributed by atoms with van der Waals surface area (Å²) in [5.41, 5.74) is 0.188. The lowest BCUT2D eigenvalue weighted by Crippen LogP contribution is -2.43. The number of anilines is 1. The number of piperidine rings is 1. The molecule has 1 heterocycles. The molecule has 0 saturated carbocycles. The first-order chi connectivity index (χ1) is 13.3. The number of benzene rings is 2. The Morgan fingerprint density at radius 3 is 2.61 bits per heavy atom. The Morgan fingerprint density at radius 1 is 1.21 bits per heavy atom. The van der Waals surface area contributed by atoms with E-state index in [9.17, 15) is 23.3 Å². The Labute approximate surface area is 170 Å². The monoisotopic (exact) mass is 467 g/mol. The molecule has 1 N–H and O–H groups in total. The van der Waals surface area contributed by atoms with Crippen LogP contribution < -0.4 is 5.32 Å². The van der Waals surface area contributed by atoms with Gasteiger partial charge in [-0.25, -0.2) is 8.42 Å². The number of nitro benzene ring substituents is 1. The van der Waals surface area contributed by atoms with Gasteiger partial charge in [-0.2, -0.15) is 4.31 Å². The summed E-state index contributed by atoms with van der Waals surface area (Å²) in [6, 6.07) is 12.0. The average Bonchev–Trinajstić information content (AvgIpc) is 2.68. The Bertz CT molecular complexity index is 995. The fourth-order valence-corrected chi connectivity index (χ4v) is 4.86. The SMILES string of the molecule is O=C(Nc1cccc([N+](=O)[O-])c1)C1CCCN(S(=O)(=O)c2ccc(Br)cc2)C1. The average molecular weight is 468 g/mol. The molecule has 3 rings (SSSR count). The second-order valence-corrected chi connectivity index (χ2v) is 9.31. The van der Waals surface area contributed by atoms with Crippen molar-refractivity contribution in [1.82, 2.24) is 4.31 Å². The molecule has 0 bridgehead atoms. The van der Waals surface area contributed by atoms with Crippen LogP contribution in [0.3, 0.4) is 0 Å². The van der Waals surface area contributed by atoms with Gasteiger partial charge >= 0.3 is 0 Å². The molecule has 1 unspecified atom stereocenters. The van der Waals surface area contributed by atoms with Gasteiger partial charge in [0.15, 0.2) is 0 Å². The minimum atomic E-state index is -3.69. The van der Waals surface area contributed by atoms with E-state index in [4.69, 9.17) is 0 Å². The van der Waals surface area contributed by atoms with Crippen LogP contribution in [-0.4, -0.2) is 36.6 Å². The second-order valence-electron chi connectivity index (χ2n) is 6.45. The summed E-state index contributed by atoms with van der Waals surface area (Å²) in [6.45, 7) is 0.415. The van der Waals surface area contributed by atoms with E-state index in [-0.39, 0.29) is 23.0 Å². The van der Waals surface area contributed by atoms with Crippen LogP contribution in [0.15, 0.2) is 57.9 Å². The van der Waals surface area contributed by atoms with E-state index >= 15 is 0 Å². The maximum absolute atomic E-state index is 12.8. The number of rotatable bonds is 5. The van der Waals surface area contributed by atoms with Crippen molar-refractivity contribution in [3.8, 4) is 0 Å². The van der Waals surface area contributed by atoms with Crippen LogP contribution in [0.25, 0.3) is 0 Å². The summed E-state index contributed by atoms with van der Waals surface area (Å²) >= 11 is 3.28. The van der Waals surface area contributed by atoms with Crippen LogP contribution in [0.5, 0.6) is 0 Å². The molecule has 28 heavy (non-hydrogen) atoms. The predicted octanol–water partition coefficient (Wildman–Crippen LogP) is 3.40. The lowest BCUT2D eigenvalue weighted by Gasteiger charge is -2.31. The number of nitro groups is 1. The van der Waals surface area contributed by atoms with Crippen LogP contribution in [-0.2, 0) is 14.8 Å². The molecule has 1 amide bonds. The molecule has 0 radical (unpaired) electrons. The number of nitrogens with zero attached hydrogens (tertiary/aromatic N) is 2. The summed E-state index contributed by atoms with van der Waals surface area (Å²) in [6.07, 6.45) is 1.11. The van der Waals surface area contributed by atoms with Crippen molar-refractivity contribution in [2.24, 2.45) is 5.92 Å². The molecule has 1 saturated heterocycles. The molecule has 1 aliphatic rings. The Balaban J connectivity index is 1.72. The van der Waals surface area contributed by atoms with E-state index in [0.29, 0.717) is 25.1 Å². The first-order valence-corrected chi connectivity index (χ1v) is 10.8. The lowest BCUT2D eigenvalue weighted by molar-refractivity contribution is -0.384. The van der Waals surface area contributed by atoms with Gasteiger partial charge in [-0.05, 0) is 43.2 Å². The van der Waals surface area contributed by atoms with Crippen LogP contribution >= 0.6 is 15.9 Å². The molecule has 1 atom stereocenters. The fourth-order valence-electron chi connectivity index (χ4n) is 3.07. The number of halogens is 1. The molecule has 0 spiro atoms. The van der Waals surface area contributed by atoms with E-state index in [1.54, 1.807) is 18.2 Å². The summed E-state index contributed by atoms with van der Waals surface area (Å²) in [4.78, 5) is 23.1. The maximum Gasteiger partial charge on any atom is 0.271 e. The summed E-state index contributed by atoms with van der Waals surface area (Å²) in [5.74, 6) is -0.880. The van der Waals surface area contributed by atoms with Crippen molar-refractivity contribution in [3.05, 3.63) is 63.1 Å². The minimum absolute atomic E-state index is 0.0686. The number of hydrogen-bond acceptors (Lipinski definition) is 5. The quantitative estimate of drug-likeness (QED) is 0.535. The number of sulfonamides is 1. The van der Waals surface area contributed by atoms with Crippen LogP contribution in [0, 0.1) is 16.0 Å². The molecule has 0 aromatic heterocycles. The highest BCUT2D eigenvalue weighted by Gasteiger charge is 2.33. The third-order valence-corrected chi connectivity index (χ3v) is 6.94. The molecular formula is C18H18BrN3O5S. The van der Waals surface area contributed by atoms with Crippen molar-refractivity contribution in [2.75, 3.05) is 18.4 Å². The van der Waals surface area contributed by atoms with Crippen molar-refractivity contribution < 1.29 is 18.1 Å². The Morgan fingerprint density at radius 2 is 1.93 bits per heavy atom. The number of hydrogen-bond donors (Lipinski definition) is 1. The number of nitrogens with one attached hydrogen (secondary N) is 1. The van der Waals surface area contributed by atoms with E-state index in [0.717, 1.165) is 4.47 Å². The van der Waals surface area contributed by atoms with Gasteiger partial charge in [-0.1, -0.05) is 22.0 Å². The summed E-state index contributed by atoms with van der Waals surface area (Å²) in [7, 11) is -3.69. The molecule has 2 aromatic rings. The summed E-state index contributed by atoms with van der Waals surface area (Å²) in [5, 5.41) is 13.5. The van der Waals surface area contributed by atoms with Crippen molar-refractivity contribution in [1.29, 1.82) is 0 Å². The van der Waals surface area contributed by atoms with Gasteiger partial charge in [0.1, 0.15) is 0 Å². The highest BCUT2D eigenvalue weighted by molar-refractivity contribution is 9.10. The minimum Gasteiger partial charge on any atom is -0.326 e. The Kier molecular flexibility index (Phi) is 6.11. The van der Waals surface area contributed by atoms with Gasteiger partial charge in [0, 0.05) is 35.4 Å². The zero-order valence-corrected chi connectivity index (χ0v) is 17.1. The standard InChI is InChI=1S/C18H18BrN3O5S/c19-14-6-8-17(9-7-14)28(26,27)21-10-2-3-13(12-21)18(23)20-15-4-1-5-16(11-15)22(24)25/h1,4-9,11,13H,2-3,10,12H2,(H,20,23).